The van der Waals surface area contributed by atoms with Crippen LogP contribution in [0.4, 0.5) is 13.2 Å². The number of carboxylic acid groups (broad SMARTS) is 1. The van der Waals surface area contributed by atoms with Crippen LogP contribution >= 0.6 is 0 Å². The third-order valence-corrected chi connectivity index (χ3v) is 5.24. The third-order valence-electron chi connectivity index (χ3n) is 4.51. The van der Waals surface area contributed by atoms with Gasteiger partial charge in [-0.2, -0.15) is 13.2 Å². The van der Waals surface area contributed by atoms with Gasteiger partial charge in [0.1, 0.15) is 5.76 Å². The van der Waals surface area contributed by atoms with Gasteiger partial charge in [0, 0.05) is 32.3 Å². The van der Waals surface area contributed by atoms with E-state index in [0.717, 1.165) is 30.8 Å². The second-order valence-electron chi connectivity index (χ2n) is 7.16. The molecule has 2 N–H and O–H groups in total. The Labute approximate surface area is 166 Å². The summed E-state index contributed by atoms with van der Waals surface area (Å²) >= 11 is 0. The third kappa shape index (κ3) is 7.57. The molecule has 0 amide bonds. The number of rotatable bonds is 4. The van der Waals surface area contributed by atoms with E-state index in [2.05, 4.69) is 14.8 Å². The number of carbonyl (C=O) groups is 1. The molecule has 0 bridgehead atoms. The highest BCUT2D eigenvalue weighted by Crippen LogP contribution is 2.29. The first-order valence-electron chi connectivity index (χ1n) is 8.88. The minimum Gasteiger partial charge on any atom is -0.475 e. The van der Waals surface area contributed by atoms with Crippen molar-refractivity contribution in [2.45, 2.75) is 44.6 Å². The van der Waals surface area contributed by atoms with E-state index in [-0.39, 0.29) is 12.1 Å². The van der Waals surface area contributed by atoms with E-state index >= 15 is 0 Å². The lowest BCUT2D eigenvalue weighted by Crippen LogP contribution is -2.60. The van der Waals surface area contributed by atoms with Crippen molar-refractivity contribution in [2.75, 3.05) is 26.0 Å². The van der Waals surface area contributed by atoms with Crippen LogP contribution in [0.25, 0.3) is 0 Å². The number of nitrogens with one attached hydrogen (secondary N) is 1. The Kier molecular flexibility index (Phi) is 7.65. The van der Waals surface area contributed by atoms with Gasteiger partial charge in [-0.3, -0.25) is 4.90 Å². The van der Waals surface area contributed by atoms with Crippen LogP contribution in [0.1, 0.15) is 24.3 Å². The number of aryl methyl sites for hydroxylation is 1. The summed E-state index contributed by atoms with van der Waals surface area (Å²) in [5, 5.41) is 11.2. The number of hydrogen-bond acceptors (Lipinski definition) is 7. The zero-order chi connectivity index (χ0) is 21.8. The van der Waals surface area contributed by atoms with Crippen LogP contribution in [0.5, 0.6) is 0 Å². The molecular weight excluding hydrogens is 419 g/mol. The number of sulfonamides is 1. The molecule has 2 saturated heterocycles. The Balaban J connectivity index is 0.000000370. The first-order chi connectivity index (χ1) is 13.3. The Hall–Kier alpha value is -1.70. The minimum absolute atomic E-state index is 0.0289. The molecule has 9 nitrogen and oxygen atoms in total. The quantitative estimate of drug-likeness (QED) is 0.711. The number of alkyl halides is 3. The van der Waals surface area contributed by atoms with Gasteiger partial charge in [0.05, 0.1) is 24.1 Å². The molecule has 0 aromatic carbocycles. The van der Waals surface area contributed by atoms with E-state index in [1.54, 1.807) is 0 Å². The number of halogens is 3. The first kappa shape index (κ1) is 23.6. The summed E-state index contributed by atoms with van der Waals surface area (Å²) < 4.78 is 68.7. The van der Waals surface area contributed by atoms with Gasteiger partial charge in [-0.05, 0) is 25.7 Å². The van der Waals surface area contributed by atoms with Gasteiger partial charge in [-0.15, -0.1) is 0 Å². The summed E-state index contributed by atoms with van der Waals surface area (Å²) in [6.07, 6.45) is -1.81. The zero-order valence-electron chi connectivity index (χ0n) is 16.0. The highest BCUT2D eigenvalue weighted by atomic mass is 32.2. The van der Waals surface area contributed by atoms with Gasteiger partial charge in [-0.1, -0.05) is 5.16 Å². The summed E-state index contributed by atoms with van der Waals surface area (Å²) in [4.78, 5) is 11.1. The molecule has 2 fully saturated rings. The average Bonchev–Trinajstić information content (AvgIpc) is 2.98. The van der Waals surface area contributed by atoms with E-state index < -0.39 is 22.2 Å². The number of nitrogens with zero attached hydrogens (tertiary/aromatic N) is 2. The standard InChI is InChI=1S/C14H23N3O4S.C2HF3O2/c1-10-6-12(15-21-10)8-17-7-11-4-3-5-20-14(11)13(9-17)16-22(2,18)19;3-2(4,5)1(6)7/h6,11,13-14,16H,3-5,7-9H2,1-2H3;(H,6,7)/t11-,13+,14-;/m0./s1. The van der Waals surface area contributed by atoms with Crippen LogP contribution in [-0.4, -0.2) is 73.8 Å². The number of likely N-dealkylation sites (tertiary alicyclic amines) is 1. The molecule has 1 aromatic heterocycles. The molecule has 0 aliphatic carbocycles. The maximum atomic E-state index is 11.6. The summed E-state index contributed by atoms with van der Waals surface area (Å²) in [5.74, 6) is -1.61. The molecule has 0 saturated carbocycles. The lowest BCUT2D eigenvalue weighted by atomic mass is 9.86. The largest absolute Gasteiger partial charge is 0.490 e. The van der Waals surface area contributed by atoms with Crippen molar-refractivity contribution in [3.8, 4) is 0 Å². The Morgan fingerprint density at radius 1 is 1.41 bits per heavy atom. The van der Waals surface area contributed by atoms with Crippen molar-refractivity contribution in [1.82, 2.24) is 14.8 Å². The van der Waals surface area contributed by atoms with E-state index in [0.29, 0.717) is 25.6 Å². The van der Waals surface area contributed by atoms with Crippen LogP contribution in [0.3, 0.4) is 0 Å². The lowest BCUT2D eigenvalue weighted by molar-refractivity contribution is -0.192. The molecule has 3 heterocycles. The van der Waals surface area contributed by atoms with Crippen molar-refractivity contribution < 1.29 is 40.8 Å². The van der Waals surface area contributed by atoms with Crippen LogP contribution in [0.2, 0.25) is 0 Å². The molecule has 1 aromatic rings. The summed E-state index contributed by atoms with van der Waals surface area (Å²) in [7, 11) is -3.26. The van der Waals surface area contributed by atoms with Gasteiger partial charge in [-0.25, -0.2) is 17.9 Å². The van der Waals surface area contributed by atoms with Crippen LogP contribution in [-0.2, 0) is 26.1 Å². The van der Waals surface area contributed by atoms with Gasteiger partial charge < -0.3 is 14.4 Å². The zero-order valence-corrected chi connectivity index (χ0v) is 16.8. The second kappa shape index (κ2) is 9.41. The molecule has 0 spiro atoms. The number of aliphatic carboxylic acids is 1. The molecule has 2 aliphatic rings. The number of aromatic nitrogens is 1. The molecule has 13 heteroatoms. The number of hydrogen-bond donors (Lipinski definition) is 2. The van der Waals surface area contributed by atoms with Gasteiger partial charge in [0.15, 0.2) is 0 Å². The fourth-order valence-electron chi connectivity index (χ4n) is 3.52. The Bertz CT molecular complexity index is 798. The lowest BCUT2D eigenvalue weighted by Gasteiger charge is -2.45. The Morgan fingerprint density at radius 3 is 2.59 bits per heavy atom. The van der Waals surface area contributed by atoms with Crippen molar-refractivity contribution in [2.24, 2.45) is 5.92 Å². The summed E-state index contributed by atoms with van der Waals surface area (Å²) in [5.41, 5.74) is 0.880. The molecule has 3 rings (SSSR count). The first-order valence-corrected chi connectivity index (χ1v) is 10.8. The van der Waals surface area contributed by atoms with Gasteiger partial charge in [0.2, 0.25) is 10.0 Å². The molecule has 2 aliphatic heterocycles. The van der Waals surface area contributed by atoms with Crippen molar-refractivity contribution in [3.05, 3.63) is 17.5 Å². The predicted molar refractivity (Wildman–Crippen MR) is 94.4 cm³/mol. The molecule has 29 heavy (non-hydrogen) atoms. The minimum atomic E-state index is -5.08. The fourth-order valence-corrected chi connectivity index (χ4v) is 4.28. The van der Waals surface area contributed by atoms with E-state index in [4.69, 9.17) is 19.2 Å². The molecule has 166 valence electrons. The van der Waals surface area contributed by atoms with E-state index in [9.17, 15) is 21.6 Å². The summed E-state index contributed by atoms with van der Waals surface area (Å²) in [6.45, 7) is 4.78. The van der Waals surface area contributed by atoms with Crippen molar-refractivity contribution in [3.63, 3.8) is 0 Å². The molecule has 0 radical (unpaired) electrons. The maximum absolute atomic E-state index is 11.6. The predicted octanol–water partition coefficient (Wildman–Crippen LogP) is 1.14. The van der Waals surface area contributed by atoms with Crippen molar-refractivity contribution >= 4 is 16.0 Å². The molecule has 3 atom stereocenters. The number of piperidine rings is 1. The van der Waals surface area contributed by atoms with Gasteiger partial charge in [0.25, 0.3) is 0 Å². The van der Waals surface area contributed by atoms with Crippen LogP contribution in [0.15, 0.2) is 10.6 Å². The van der Waals surface area contributed by atoms with Crippen LogP contribution < -0.4 is 4.72 Å². The Morgan fingerprint density at radius 2 is 2.07 bits per heavy atom. The molecule has 0 unspecified atom stereocenters. The highest BCUT2D eigenvalue weighted by Gasteiger charge is 2.40. The van der Waals surface area contributed by atoms with E-state index in [1.165, 1.54) is 6.26 Å². The van der Waals surface area contributed by atoms with Gasteiger partial charge >= 0.3 is 12.1 Å². The SMILES string of the molecule is Cc1cc(CN2C[C@@H]3CCCO[C@@H]3[C@H](NS(C)(=O)=O)C2)no1.O=C(O)C(F)(F)F. The highest BCUT2D eigenvalue weighted by molar-refractivity contribution is 7.88. The van der Waals surface area contributed by atoms with E-state index in [1.807, 2.05) is 13.0 Å². The normalized spacial score (nSPS) is 25.6. The van der Waals surface area contributed by atoms with Crippen molar-refractivity contribution in [1.29, 1.82) is 0 Å². The topological polar surface area (TPSA) is 122 Å². The monoisotopic (exact) mass is 443 g/mol. The number of ether oxygens (including phenoxy) is 1. The molecular formula is C16H24F3N3O6S. The number of carboxylic acids is 1. The fraction of sp³-hybridized carbons (Fsp3) is 0.750. The summed E-state index contributed by atoms with van der Waals surface area (Å²) in [6, 6.07) is 1.71. The smallest absolute Gasteiger partial charge is 0.475 e. The number of fused-ring (bicyclic) bond motifs is 1. The van der Waals surface area contributed by atoms with Crippen LogP contribution in [0, 0.1) is 12.8 Å². The second-order valence-corrected chi connectivity index (χ2v) is 8.94. The average molecular weight is 443 g/mol. The maximum Gasteiger partial charge on any atom is 0.490 e.